The molecule has 4 aliphatic heterocycles. The third-order valence-electron chi connectivity index (χ3n) is 11.0. The molecular formula is C40H49F2N7O9. The molecule has 58 heavy (non-hydrogen) atoms. The highest BCUT2D eigenvalue weighted by atomic mass is 19.1. The SMILES string of the molecule is Cc1ccc(NC(=O)N[C@@H](Cc2cc(F)cc(F)c2)C(=O)N[C@@H]2C(=O)N3CCC[C@H]3C(=O)N3CCOC[C@H]3C(=O)N[C@@H](C)C(=O)N3C[C@@H](C)C[C@H]3C(=O)O[C@H]2C)cc1. The lowest BCUT2D eigenvalue weighted by atomic mass is 10.0. The number of fused-ring (bicyclic) bond motifs is 3. The summed E-state index contributed by atoms with van der Waals surface area (Å²) in [7, 11) is 0. The molecule has 2 aromatic rings. The maximum Gasteiger partial charge on any atom is 0.329 e. The summed E-state index contributed by atoms with van der Waals surface area (Å²) in [4.78, 5) is 102. The van der Waals surface area contributed by atoms with Crippen LogP contribution in [-0.4, -0.2) is 131 Å². The van der Waals surface area contributed by atoms with Crippen LogP contribution in [0.15, 0.2) is 42.5 Å². The minimum atomic E-state index is -1.64. The first-order chi connectivity index (χ1) is 27.6. The van der Waals surface area contributed by atoms with Gasteiger partial charge in [0, 0.05) is 37.8 Å². The third-order valence-corrected chi connectivity index (χ3v) is 11.0. The lowest BCUT2D eigenvalue weighted by molar-refractivity contribution is -0.164. The zero-order chi connectivity index (χ0) is 41.8. The molecule has 16 nitrogen and oxygen atoms in total. The van der Waals surface area contributed by atoms with Crippen molar-refractivity contribution in [2.24, 2.45) is 5.92 Å². The van der Waals surface area contributed by atoms with Gasteiger partial charge in [0.25, 0.3) is 0 Å². The van der Waals surface area contributed by atoms with Crippen LogP contribution in [-0.2, 0) is 44.7 Å². The summed E-state index contributed by atoms with van der Waals surface area (Å²) in [5.41, 5.74) is 1.33. The lowest BCUT2D eigenvalue weighted by Crippen LogP contribution is -2.64. The number of urea groups is 1. The maximum absolute atomic E-state index is 14.7. The van der Waals surface area contributed by atoms with E-state index in [1.807, 2.05) is 13.8 Å². The van der Waals surface area contributed by atoms with Gasteiger partial charge in [-0.15, -0.1) is 0 Å². The second-order valence-electron chi connectivity index (χ2n) is 15.5. The number of halogens is 2. The molecule has 8 atom stereocenters. The van der Waals surface area contributed by atoms with Crippen LogP contribution in [0, 0.1) is 24.5 Å². The number of hydrogen-bond acceptors (Lipinski definition) is 9. The lowest BCUT2D eigenvalue weighted by Gasteiger charge is -2.39. The number of cyclic esters (lactones) is 1. The van der Waals surface area contributed by atoms with Crippen LogP contribution in [0.3, 0.4) is 0 Å². The Labute approximate surface area is 334 Å². The van der Waals surface area contributed by atoms with E-state index in [0.29, 0.717) is 18.2 Å². The first-order valence-corrected chi connectivity index (χ1v) is 19.5. The van der Waals surface area contributed by atoms with Gasteiger partial charge in [0.2, 0.25) is 29.5 Å². The standard InChI is InChI=1S/C40H49F2N7O9/c1-21-7-9-28(10-8-21)44-40(56)45-29(17-25-15-26(41)18-27(42)16-25)34(50)46-33-24(4)58-39(55)31-14-22(2)19-49(31)36(52)23(3)43-35(51)32-20-57-13-12-48(32)37(53)30-6-5-11-47(30)38(33)54/h7-10,15-16,18,22-24,29-33H,5-6,11-14,17,19-20H2,1-4H3,(H,43,51)(H,46,50)(H2,44,45,56)/t22-,23-,24-,29-,30-,31-,32-,33-/m0/s1. The number of amides is 7. The smallest absolute Gasteiger partial charge is 0.329 e. The molecular weight excluding hydrogens is 760 g/mol. The molecule has 2 aromatic carbocycles. The summed E-state index contributed by atoms with van der Waals surface area (Å²) in [6.07, 6.45) is -0.959. The quantitative estimate of drug-likeness (QED) is 0.312. The number of carbonyl (C=O) groups excluding carboxylic acids is 7. The number of nitrogens with one attached hydrogen (secondary N) is 4. The van der Waals surface area contributed by atoms with E-state index in [-0.39, 0.29) is 57.2 Å². The van der Waals surface area contributed by atoms with Gasteiger partial charge in [-0.25, -0.2) is 18.4 Å². The Morgan fingerprint density at radius 2 is 1.57 bits per heavy atom. The molecule has 6 rings (SSSR count). The summed E-state index contributed by atoms with van der Waals surface area (Å²) in [5, 5.41) is 10.4. The molecule has 4 aliphatic rings. The van der Waals surface area contributed by atoms with E-state index in [9.17, 15) is 42.3 Å². The predicted octanol–water partition coefficient (Wildman–Crippen LogP) is 1.40. The molecule has 0 aromatic heterocycles. The minimum Gasteiger partial charge on any atom is -0.458 e. The summed E-state index contributed by atoms with van der Waals surface area (Å²) >= 11 is 0. The Morgan fingerprint density at radius 3 is 2.28 bits per heavy atom. The zero-order valence-electron chi connectivity index (χ0n) is 32.8. The monoisotopic (exact) mass is 809 g/mol. The molecule has 0 aliphatic carbocycles. The van der Waals surface area contributed by atoms with Crippen molar-refractivity contribution in [1.29, 1.82) is 0 Å². The third kappa shape index (κ3) is 9.54. The first kappa shape index (κ1) is 42.0. The topological polar surface area (TPSA) is 196 Å². The largest absolute Gasteiger partial charge is 0.458 e. The average molecular weight is 810 g/mol. The van der Waals surface area contributed by atoms with E-state index >= 15 is 0 Å². The Morgan fingerprint density at radius 1 is 0.879 bits per heavy atom. The van der Waals surface area contributed by atoms with E-state index in [1.165, 1.54) is 28.5 Å². The molecule has 312 valence electrons. The van der Waals surface area contributed by atoms with E-state index in [2.05, 4.69) is 21.3 Å². The van der Waals surface area contributed by atoms with E-state index < -0.39 is 102 Å². The summed E-state index contributed by atoms with van der Waals surface area (Å²) < 4.78 is 40.1. The molecule has 4 saturated heterocycles. The van der Waals surface area contributed by atoms with Crippen LogP contribution < -0.4 is 21.3 Å². The Kier molecular flexibility index (Phi) is 12.9. The van der Waals surface area contributed by atoms with Crippen LogP contribution in [0.25, 0.3) is 0 Å². The number of rotatable bonds is 6. The van der Waals surface area contributed by atoms with Gasteiger partial charge in [-0.05, 0) is 75.8 Å². The fraction of sp³-hybridized carbons (Fsp3) is 0.525. The number of aryl methyl sites for hydroxylation is 1. The van der Waals surface area contributed by atoms with Crippen molar-refractivity contribution in [3.05, 3.63) is 65.2 Å². The number of benzene rings is 2. The molecule has 4 heterocycles. The number of hydrogen-bond donors (Lipinski definition) is 4. The molecule has 18 heteroatoms. The first-order valence-electron chi connectivity index (χ1n) is 19.5. The molecule has 4 N–H and O–H groups in total. The van der Waals surface area contributed by atoms with Crippen molar-refractivity contribution in [2.75, 3.05) is 38.2 Å². The minimum absolute atomic E-state index is 0.0146. The molecule has 0 bridgehead atoms. The Balaban J connectivity index is 1.34. The van der Waals surface area contributed by atoms with Gasteiger partial charge in [0.15, 0.2) is 0 Å². The number of nitrogens with zero attached hydrogens (tertiary/aromatic N) is 3. The highest BCUT2D eigenvalue weighted by molar-refractivity contribution is 5.99. The van der Waals surface area contributed by atoms with Gasteiger partial charge in [-0.2, -0.15) is 0 Å². The maximum atomic E-state index is 14.7. The second kappa shape index (κ2) is 17.9. The van der Waals surface area contributed by atoms with Gasteiger partial charge in [0.05, 0.1) is 13.2 Å². The summed E-state index contributed by atoms with van der Waals surface area (Å²) in [5.74, 6) is -6.30. The van der Waals surface area contributed by atoms with Gasteiger partial charge < -0.3 is 45.4 Å². The highest BCUT2D eigenvalue weighted by Crippen LogP contribution is 2.28. The van der Waals surface area contributed by atoms with Crippen molar-refractivity contribution in [2.45, 2.75) is 95.7 Å². The van der Waals surface area contributed by atoms with E-state index in [1.54, 1.807) is 24.3 Å². The number of anilines is 1. The number of carbonyl (C=O) groups is 7. The fourth-order valence-electron chi connectivity index (χ4n) is 7.97. The Bertz CT molecular complexity index is 1910. The predicted molar refractivity (Wildman–Crippen MR) is 203 cm³/mol. The van der Waals surface area contributed by atoms with Crippen LogP contribution in [0.2, 0.25) is 0 Å². The van der Waals surface area contributed by atoms with Crippen molar-refractivity contribution in [3.63, 3.8) is 0 Å². The van der Waals surface area contributed by atoms with Crippen LogP contribution in [0.1, 0.15) is 51.2 Å². The van der Waals surface area contributed by atoms with Gasteiger partial charge in [-0.3, -0.25) is 24.0 Å². The average Bonchev–Trinajstić information content (AvgIpc) is 3.83. The molecule has 4 fully saturated rings. The van der Waals surface area contributed by atoms with E-state index in [4.69, 9.17) is 9.47 Å². The Hall–Kier alpha value is -5.65. The molecule has 0 unspecified atom stereocenters. The number of esters is 1. The van der Waals surface area contributed by atoms with E-state index in [0.717, 1.165) is 17.7 Å². The van der Waals surface area contributed by atoms with Crippen LogP contribution in [0.5, 0.6) is 0 Å². The number of ether oxygens (including phenoxy) is 2. The number of morpholine rings is 1. The summed E-state index contributed by atoms with van der Waals surface area (Å²) in [6, 6.07) is 1.10. The molecule has 0 radical (unpaired) electrons. The van der Waals surface area contributed by atoms with Crippen LogP contribution in [0.4, 0.5) is 19.3 Å². The zero-order valence-corrected chi connectivity index (χ0v) is 32.8. The summed E-state index contributed by atoms with van der Waals surface area (Å²) in [6.45, 7) is 6.86. The van der Waals surface area contributed by atoms with Gasteiger partial charge >= 0.3 is 12.0 Å². The van der Waals surface area contributed by atoms with Gasteiger partial charge in [0.1, 0.15) is 54.0 Å². The molecule has 0 saturated carbocycles. The van der Waals surface area contributed by atoms with Crippen LogP contribution >= 0.6 is 0 Å². The van der Waals surface area contributed by atoms with Crippen molar-refractivity contribution < 1.29 is 51.8 Å². The van der Waals surface area contributed by atoms with Gasteiger partial charge in [-0.1, -0.05) is 24.6 Å². The highest BCUT2D eigenvalue weighted by Gasteiger charge is 2.47. The van der Waals surface area contributed by atoms with Crippen molar-refractivity contribution in [1.82, 2.24) is 30.7 Å². The normalized spacial score (nSPS) is 27.5. The van der Waals surface area contributed by atoms with Crippen molar-refractivity contribution in [3.8, 4) is 0 Å². The second-order valence-corrected chi connectivity index (χ2v) is 15.5. The fourth-order valence-corrected chi connectivity index (χ4v) is 7.97. The van der Waals surface area contributed by atoms with Crippen molar-refractivity contribution >= 4 is 47.2 Å². The molecule has 7 amide bonds. The molecule has 0 spiro atoms.